The van der Waals surface area contributed by atoms with Crippen LogP contribution in [0.3, 0.4) is 0 Å². The summed E-state index contributed by atoms with van der Waals surface area (Å²) in [6.45, 7) is 5.36. The summed E-state index contributed by atoms with van der Waals surface area (Å²) < 4.78 is 0. The highest BCUT2D eigenvalue weighted by atomic mass is 16.3. The summed E-state index contributed by atoms with van der Waals surface area (Å²) >= 11 is 0. The predicted molar refractivity (Wildman–Crippen MR) is 68.1 cm³/mol. The molecule has 1 rings (SSSR count). The zero-order chi connectivity index (χ0) is 11.8. The second-order valence-corrected chi connectivity index (χ2v) is 4.10. The third-order valence-electron chi connectivity index (χ3n) is 2.53. The number of nitrogens with zero attached hydrogens (tertiary/aromatic N) is 1. The Balaban J connectivity index is 2.52. The van der Waals surface area contributed by atoms with Crippen molar-refractivity contribution in [3.8, 4) is 0 Å². The minimum Gasteiger partial charge on any atom is -0.399 e. The topological polar surface area (TPSA) is 49.5 Å². The molecule has 3 heteroatoms. The summed E-state index contributed by atoms with van der Waals surface area (Å²) in [5.41, 5.74) is 7.81. The Bertz CT molecular complexity index is 302. The average molecular weight is 222 g/mol. The molecule has 0 amide bonds. The summed E-state index contributed by atoms with van der Waals surface area (Å²) in [6.07, 6.45) is 1.97. The van der Waals surface area contributed by atoms with E-state index in [9.17, 15) is 0 Å². The number of hydrogen-bond donors (Lipinski definition) is 2. The van der Waals surface area contributed by atoms with Crippen molar-refractivity contribution in [1.29, 1.82) is 0 Å². The van der Waals surface area contributed by atoms with Gasteiger partial charge < -0.3 is 10.8 Å². The molecule has 0 aromatic heterocycles. The van der Waals surface area contributed by atoms with Gasteiger partial charge in [-0.15, -0.1) is 0 Å². The van der Waals surface area contributed by atoms with Crippen molar-refractivity contribution >= 4 is 5.69 Å². The number of anilines is 1. The van der Waals surface area contributed by atoms with Gasteiger partial charge in [0.1, 0.15) is 0 Å². The van der Waals surface area contributed by atoms with Gasteiger partial charge in [0.25, 0.3) is 0 Å². The largest absolute Gasteiger partial charge is 0.399 e. The maximum atomic E-state index is 8.85. The number of hydrogen-bond acceptors (Lipinski definition) is 3. The minimum absolute atomic E-state index is 0.261. The van der Waals surface area contributed by atoms with Crippen molar-refractivity contribution in [3.05, 3.63) is 29.8 Å². The number of aliphatic hydroxyl groups excluding tert-OH is 1. The van der Waals surface area contributed by atoms with Gasteiger partial charge in [0.05, 0.1) is 0 Å². The van der Waals surface area contributed by atoms with Gasteiger partial charge in [-0.2, -0.15) is 0 Å². The molecule has 3 nitrogen and oxygen atoms in total. The fourth-order valence-corrected chi connectivity index (χ4v) is 1.83. The molecular formula is C13H22N2O. The molecule has 0 radical (unpaired) electrons. The van der Waals surface area contributed by atoms with E-state index in [1.165, 1.54) is 5.56 Å². The van der Waals surface area contributed by atoms with E-state index in [4.69, 9.17) is 10.8 Å². The zero-order valence-electron chi connectivity index (χ0n) is 10.0. The smallest absolute Gasteiger partial charge is 0.0443 e. The number of rotatable bonds is 7. The van der Waals surface area contributed by atoms with Crippen molar-refractivity contribution < 1.29 is 5.11 Å². The van der Waals surface area contributed by atoms with Crippen LogP contribution in [0.1, 0.15) is 25.3 Å². The Labute approximate surface area is 97.9 Å². The van der Waals surface area contributed by atoms with Crippen LogP contribution in [0.15, 0.2) is 24.3 Å². The summed E-state index contributed by atoms with van der Waals surface area (Å²) in [5, 5.41) is 8.85. The molecule has 0 aliphatic rings. The number of nitrogens with two attached hydrogens (primary N) is 1. The van der Waals surface area contributed by atoms with Crippen molar-refractivity contribution in [3.63, 3.8) is 0 Å². The van der Waals surface area contributed by atoms with Crippen LogP contribution >= 0.6 is 0 Å². The molecule has 0 atom stereocenters. The summed E-state index contributed by atoms with van der Waals surface area (Å²) in [6, 6.07) is 8.00. The van der Waals surface area contributed by atoms with Crippen molar-refractivity contribution in [2.45, 2.75) is 26.3 Å². The summed E-state index contributed by atoms with van der Waals surface area (Å²) in [7, 11) is 0. The Morgan fingerprint density at radius 2 is 2.12 bits per heavy atom. The quantitative estimate of drug-likeness (QED) is 0.692. The summed E-state index contributed by atoms with van der Waals surface area (Å²) in [5.74, 6) is 0. The molecule has 0 heterocycles. The molecule has 0 spiro atoms. The van der Waals surface area contributed by atoms with Crippen LogP contribution < -0.4 is 5.73 Å². The second-order valence-electron chi connectivity index (χ2n) is 4.10. The maximum absolute atomic E-state index is 8.85. The molecule has 1 aromatic carbocycles. The normalized spacial score (nSPS) is 10.9. The van der Waals surface area contributed by atoms with E-state index < -0.39 is 0 Å². The van der Waals surface area contributed by atoms with E-state index in [1.54, 1.807) is 0 Å². The molecular weight excluding hydrogens is 200 g/mol. The SMILES string of the molecule is CCCN(CCCO)Cc1cccc(N)c1. The van der Waals surface area contributed by atoms with Gasteiger partial charge in [-0.3, -0.25) is 4.90 Å². The third-order valence-corrected chi connectivity index (χ3v) is 2.53. The number of aliphatic hydroxyl groups is 1. The fourth-order valence-electron chi connectivity index (χ4n) is 1.83. The molecule has 0 saturated heterocycles. The maximum Gasteiger partial charge on any atom is 0.0443 e. The van der Waals surface area contributed by atoms with Crippen molar-refractivity contribution in [1.82, 2.24) is 4.90 Å². The van der Waals surface area contributed by atoms with E-state index in [1.807, 2.05) is 18.2 Å². The van der Waals surface area contributed by atoms with E-state index in [-0.39, 0.29) is 6.61 Å². The molecule has 0 fully saturated rings. The standard InChI is InChI=1S/C13H22N2O/c1-2-7-15(8-4-9-16)11-12-5-3-6-13(14)10-12/h3,5-6,10,16H,2,4,7-9,11,14H2,1H3. The first-order valence-corrected chi connectivity index (χ1v) is 5.94. The Morgan fingerprint density at radius 1 is 1.31 bits per heavy atom. The highest BCUT2D eigenvalue weighted by molar-refractivity contribution is 5.40. The van der Waals surface area contributed by atoms with E-state index in [2.05, 4.69) is 17.9 Å². The lowest BCUT2D eigenvalue weighted by Gasteiger charge is -2.21. The van der Waals surface area contributed by atoms with E-state index >= 15 is 0 Å². The molecule has 1 aromatic rings. The molecule has 3 N–H and O–H groups in total. The van der Waals surface area contributed by atoms with Crippen LogP contribution in [0.2, 0.25) is 0 Å². The lowest BCUT2D eigenvalue weighted by Crippen LogP contribution is -2.25. The van der Waals surface area contributed by atoms with Crippen molar-refractivity contribution in [2.24, 2.45) is 0 Å². The van der Waals surface area contributed by atoms with E-state index in [0.29, 0.717) is 0 Å². The monoisotopic (exact) mass is 222 g/mol. The molecule has 0 unspecified atom stereocenters. The molecule has 0 saturated carbocycles. The number of nitrogen functional groups attached to an aromatic ring is 1. The predicted octanol–water partition coefficient (Wildman–Crippen LogP) is 1.86. The first kappa shape index (κ1) is 13.0. The van der Waals surface area contributed by atoms with Crippen LogP contribution in [0, 0.1) is 0 Å². The van der Waals surface area contributed by atoms with Gasteiger partial charge in [0, 0.05) is 25.4 Å². The first-order chi connectivity index (χ1) is 7.76. The van der Waals surface area contributed by atoms with Crippen LogP contribution in [-0.2, 0) is 6.54 Å². The second kappa shape index (κ2) is 7.25. The molecule has 0 bridgehead atoms. The van der Waals surface area contributed by atoms with E-state index in [0.717, 1.165) is 38.2 Å². The van der Waals surface area contributed by atoms with Gasteiger partial charge in [-0.25, -0.2) is 0 Å². The highest BCUT2D eigenvalue weighted by Crippen LogP contribution is 2.10. The minimum atomic E-state index is 0.261. The Morgan fingerprint density at radius 3 is 2.75 bits per heavy atom. The molecule has 16 heavy (non-hydrogen) atoms. The van der Waals surface area contributed by atoms with Gasteiger partial charge in [0.15, 0.2) is 0 Å². The third kappa shape index (κ3) is 4.64. The van der Waals surface area contributed by atoms with Crippen LogP contribution in [0.25, 0.3) is 0 Å². The Hall–Kier alpha value is -1.06. The lowest BCUT2D eigenvalue weighted by atomic mass is 10.2. The van der Waals surface area contributed by atoms with Crippen molar-refractivity contribution in [2.75, 3.05) is 25.4 Å². The van der Waals surface area contributed by atoms with Crippen LogP contribution in [0.5, 0.6) is 0 Å². The van der Waals surface area contributed by atoms with Gasteiger partial charge >= 0.3 is 0 Å². The summed E-state index contributed by atoms with van der Waals surface area (Å²) in [4.78, 5) is 2.35. The molecule has 90 valence electrons. The van der Waals surface area contributed by atoms with Gasteiger partial charge in [-0.05, 0) is 37.1 Å². The van der Waals surface area contributed by atoms with Crippen LogP contribution in [0.4, 0.5) is 5.69 Å². The lowest BCUT2D eigenvalue weighted by molar-refractivity contribution is 0.218. The Kier molecular flexibility index (Phi) is 5.90. The highest BCUT2D eigenvalue weighted by Gasteiger charge is 2.04. The van der Waals surface area contributed by atoms with Crippen LogP contribution in [-0.4, -0.2) is 29.7 Å². The molecule has 0 aliphatic carbocycles. The first-order valence-electron chi connectivity index (χ1n) is 5.94. The van der Waals surface area contributed by atoms with Gasteiger partial charge in [-0.1, -0.05) is 19.1 Å². The van der Waals surface area contributed by atoms with Gasteiger partial charge in [0.2, 0.25) is 0 Å². The fraction of sp³-hybridized carbons (Fsp3) is 0.538. The number of benzene rings is 1. The molecule has 0 aliphatic heterocycles. The zero-order valence-corrected chi connectivity index (χ0v) is 10.0. The average Bonchev–Trinajstić information content (AvgIpc) is 2.26.